The van der Waals surface area contributed by atoms with Gasteiger partial charge in [0.2, 0.25) is 0 Å². The van der Waals surface area contributed by atoms with Crippen molar-refractivity contribution in [1.82, 2.24) is 20.5 Å². The summed E-state index contributed by atoms with van der Waals surface area (Å²) in [5, 5.41) is 23.8. The van der Waals surface area contributed by atoms with Crippen LogP contribution < -0.4 is 10.2 Å². The van der Waals surface area contributed by atoms with Crippen LogP contribution in [0, 0.1) is 12.7 Å². The number of rotatable bonds is 5. The molecular formula is C23H26FN5OS. The third kappa shape index (κ3) is 4.02. The number of anilines is 1. The van der Waals surface area contributed by atoms with E-state index in [0.29, 0.717) is 27.7 Å². The minimum atomic E-state index is -0.417. The first-order valence-electron chi connectivity index (χ1n) is 10.7. The number of aromatic nitrogens is 3. The standard InChI is InChI=1S/C23H26FN5OS/c1-14-25-12-21(31-14)16-11-20(30)17(10-18(16)24)19-6-7-22(28-27-19)29-9-8-23(2,13-29)26-15-4-3-5-15/h6-7,10-12,15,26,30H,3-5,8-9,13H2,1-2H3/t23-/m1/s1. The molecule has 1 saturated heterocycles. The Morgan fingerprint density at radius 1 is 1.23 bits per heavy atom. The number of phenols is 1. The average Bonchev–Trinajstić information content (AvgIpc) is 3.33. The molecule has 3 heterocycles. The van der Waals surface area contributed by atoms with Crippen LogP contribution in [0.3, 0.4) is 0 Å². The van der Waals surface area contributed by atoms with E-state index >= 15 is 0 Å². The molecule has 31 heavy (non-hydrogen) atoms. The molecule has 2 aliphatic rings. The SMILES string of the molecule is Cc1ncc(-c2cc(O)c(-c3ccc(N4CC[C@@](C)(NC5CCC5)C4)nn3)cc2F)s1. The van der Waals surface area contributed by atoms with Crippen LogP contribution in [0.4, 0.5) is 10.2 Å². The lowest BCUT2D eigenvalue weighted by atomic mass is 9.89. The highest BCUT2D eigenvalue weighted by Gasteiger charge is 2.37. The number of hydrogen-bond acceptors (Lipinski definition) is 7. The van der Waals surface area contributed by atoms with Crippen LogP contribution in [0.15, 0.2) is 30.5 Å². The summed E-state index contributed by atoms with van der Waals surface area (Å²) >= 11 is 1.39. The van der Waals surface area contributed by atoms with E-state index in [2.05, 4.69) is 32.3 Å². The number of hydrogen-bond donors (Lipinski definition) is 2. The molecule has 1 aromatic carbocycles. The van der Waals surface area contributed by atoms with Gasteiger partial charge in [-0.05, 0) is 57.4 Å². The first-order valence-corrected chi connectivity index (χ1v) is 11.5. The maximum atomic E-state index is 14.8. The summed E-state index contributed by atoms with van der Waals surface area (Å²) in [6.45, 7) is 5.96. The first-order chi connectivity index (χ1) is 14.9. The van der Waals surface area contributed by atoms with Crippen molar-refractivity contribution in [2.24, 2.45) is 0 Å². The summed E-state index contributed by atoms with van der Waals surface area (Å²) in [7, 11) is 0. The monoisotopic (exact) mass is 439 g/mol. The van der Waals surface area contributed by atoms with Crippen molar-refractivity contribution in [1.29, 1.82) is 0 Å². The molecule has 2 aromatic heterocycles. The van der Waals surface area contributed by atoms with Gasteiger partial charge < -0.3 is 15.3 Å². The molecule has 1 saturated carbocycles. The molecule has 2 N–H and O–H groups in total. The van der Waals surface area contributed by atoms with Gasteiger partial charge in [0, 0.05) is 42.0 Å². The number of aromatic hydroxyl groups is 1. The lowest BCUT2D eigenvalue weighted by molar-refractivity contribution is 0.253. The molecule has 0 radical (unpaired) electrons. The van der Waals surface area contributed by atoms with Gasteiger partial charge in [-0.2, -0.15) is 0 Å². The molecule has 1 atom stereocenters. The molecule has 3 aromatic rings. The molecule has 162 valence electrons. The minimum Gasteiger partial charge on any atom is -0.507 e. The summed E-state index contributed by atoms with van der Waals surface area (Å²) in [6.07, 6.45) is 6.55. The number of nitrogens with zero attached hydrogens (tertiary/aromatic N) is 4. The predicted octanol–water partition coefficient (Wildman–Crippen LogP) is 4.53. The average molecular weight is 440 g/mol. The van der Waals surface area contributed by atoms with E-state index in [-0.39, 0.29) is 11.3 Å². The number of aryl methyl sites for hydroxylation is 1. The number of benzene rings is 1. The molecular weight excluding hydrogens is 413 g/mol. The largest absolute Gasteiger partial charge is 0.507 e. The normalized spacial score (nSPS) is 21.5. The van der Waals surface area contributed by atoms with Gasteiger partial charge in [-0.3, -0.25) is 0 Å². The van der Waals surface area contributed by atoms with Crippen LogP contribution in [0.25, 0.3) is 21.7 Å². The molecule has 1 aliphatic carbocycles. The lowest BCUT2D eigenvalue weighted by Gasteiger charge is -2.36. The van der Waals surface area contributed by atoms with Gasteiger partial charge in [0.25, 0.3) is 0 Å². The predicted molar refractivity (Wildman–Crippen MR) is 121 cm³/mol. The maximum Gasteiger partial charge on any atom is 0.151 e. The fourth-order valence-electron chi connectivity index (χ4n) is 4.40. The quantitative estimate of drug-likeness (QED) is 0.608. The highest BCUT2D eigenvalue weighted by Crippen LogP contribution is 2.37. The second-order valence-electron chi connectivity index (χ2n) is 8.87. The van der Waals surface area contributed by atoms with Gasteiger partial charge in [-0.15, -0.1) is 21.5 Å². The van der Waals surface area contributed by atoms with E-state index < -0.39 is 5.82 Å². The second-order valence-corrected chi connectivity index (χ2v) is 10.1. The van der Waals surface area contributed by atoms with Crippen LogP contribution in [-0.2, 0) is 0 Å². The van der Waals surface area contributed by atoms with Gasteiger partial charge >= 0.3 is 0 Å². The van der Waals surface area contributed by atoms with Crippen LogP contribution in [0.2, 0.25) is 0 Å². The summed E-state index contributed by atoms with van der Waals surface area (Å²) in [5.41, 5.74) is 1.21. The van der Waals surface area contributed by atoms with Gasteiger partial charge in [-0.25, -0.2) is 9.37 Å². The molecule has 0 amide bonds. The Bertz CT molecular complexity index is 1100. The molecule has 2 fully saturated rings. The van der Waals surface area contributed by atoms with E-state index in [1.807, 2.05) is 13.0 Å². The van der Waals surface area contributed by atoms with Gasteiger partial charge in [0.15, 0.2) is 5.82 Å². The zero-order chi connectivity index (χ0) is 21.6. The smallest absolute Gasteiger partial charge is 0.151 e. The van der Waals surface area contributed by atoms with Crippen molar-refractivity contribution in [2.75, 3.05) is 18.0 Å². The Morgan fingerprint density at radius 3 is 2.71 bits per heavy atom. The molecule has 0 bridgehead atoms. The summed E-state index contributed by atoms with van der Waals surface area (Å²) in [6, 6.07) is 7.09. The first kappa shape index (κ1) is 20.3. The number of phenolic OH excluding ortho intramolecular Hbond substituents is 1. The summed E-state index contributed by atoms with van der Waals surface area (Å²) < 4.78 is 14.8. The van der Waals surface area contributed by atoms with E-state index in [4.69, 9.17) is 0 Å². The van der Waals surface area contributed by atoms with Crippen LogP contribution in [-0.4, -0.2) is 45.0 Å². The lowest BCUT2D eigenvalue weighted by Crippen LogP contribution is -2.52. The van der Waals surface area contributed by atoms with Crippen molar-refractivity contribution in [3.63, 3.8) is 0 Å². The Morgan fingerprint density at radius 2 is 2.06 bits per heavy atom. The van der Waals surface area contributed by atoms with E-state index in [1.165, 1.54) is 42.7 Å². The van der Waals surface area contributed by atoms with E-state index in [0.717, 1.165) is 30.3 Å². The van der Waals surface area contributed by atoms with Gasteiger partial charge in [0.1, 0.15) is 11.6 Å². The maximum absolute atomic E-state index is 14.8. The molecule has 5 rings (SSSR count). The van der Waals surface area contributed by atoms with Gasteiger partial charge in [-0.1, -0.05) is 6.42 Å². The Balaban J connectivity index is 1.34. The summed E-state index contributed by atoms with van der Waals surface area (Å²) in [5.74, 6) is 0.363. The minimum absolute atomic E-state index is 0.0250. The highest BCUT2D eigenvalue weighted by atomic mass is 32.1. The Labute approximate surface area is 185 Å². The van der Waals surface area contributed by atoms with Crippen molar-refractivity contribution in [3.8, 4) is 27.4 Å². The Kier molecular flexibility index (Phi) is 5.14. The number of nitrogens with one attached hydrogen (secondary N) is 1. The molecule has 1 aliphatic heterocycles. The van der Waals surface area contributed by atoms with Crippen molar-refractivity contribution >= 4 is 17.2 Å². The van der Waals surface area contributed by atoms with Crippen molar-refractivity contribution in [2.45, 2.75) is 51.1 Å². The van der Waals surface area contributed by atoms with E-state index in [1.54, 1.807) is 12.3 Å². The van der Waals surface area contributed by atoms with Crippen LogP contribution in [0.1, 0.15) is 37.6 Å². The van der Waals surface area contributed by atoms with Crippen LogP contribution in [0.5, 0.6) is 5.75 Å². The fraction of sp³-hybridized carbons (Fsp3) is 0.435. The molecule has 6 nitrogen and oxygen atoms in total. The number of thiazole rings is 1. The zero-order valence-corrected chi connectivity index (χ0v) is 18.5. The topological polar surface area (TPSA) is 74.2 Å². The zero-order valence-electron chi connectivity index (χ0n) is 17.7. The summed E-state index contributed by atoms with van der Waals surface area (Å²) in [4.78, 5) is 7.08. The van der Waals surface area contributed by atoms with Crippen LogP contribution >= 0.6 is 11.3 Å². The molecule has 0 spiro atoms. The highest BCUT2D eigenvalue weighted by molar-refractivity contribution is 7.15. The van der Waals surface area contributed by atoms with Crippen molar-refractivity contribution < 1.29 is 9.50 Å². The molecule has 8 heteroatoms. The third-order valence-corrected chi connectivity index (χ3v) is 7.30. The Hall–Kier alpha value is -2.58. The van der Waals surface area contributed by atoms with E-state index in [9.17, 15) is 9.50 Å². The van der Waals surface area contributed by atoms with Crippen molar-refractivity contribution in [3.05, 3.63) is 41.3 Å². The molecule has 0 unspecified atom stereocenters. The van der Waals surface area contributed by atoms with Gasteiger partial charge in [0.05, 0.1) is 15.6 Å². The fourth-order valence-corrected chi connectivity index (χ4v) is 5.19. The third-order valence-electron chi connectivity index (χ3n) is 6.35. The second kappa shape index (κ2) is 7.84. The number of halogens is 1.